The molecule has 24 heavy (non-hydrogen) atoms. The number of nitrogens with zero attached hydrogens (tertiary/aromatic N) is 3. The molecule has 6 nitrogen and oxygen atoms in total. The highest BCUT2D eigenvalue weighted by atomic mass is 35.5. The number of benzene rings is 1. The van der Waals surface area contributed by atoms with E-state index in [1.54, 1.807) is 13.8 Å². The van der Waals surface area contributed by atoms with Gasteiger partial charge >= 0.3 is 0 Å². The lowest BCUT2D eigenvalue weighted by molar-refractivity contribution is 0.181. The van der Waals surface area contributed by atoms with Crippen LogP contribution in [0.5, 0.6) is 0 Å². The third-order valence-corrected chi connectivity index (χ3v) is 6.57. The predicted molar refractivity (Wildman–Crippen MR) is 91.5 cm³/mol. The zero-order valence-electron chi connectivity index (χ0n) is 13.7. The zero-order valence-corrected chi connectivity index (χ0v) is 15.3. The van der Waals surface area contributed by atoms with Crippen molar-refractivity contribution in [2.45, 2.75) is 25.3 Å². The Bertz CT molecular complexity index is 807. The molecule has 0 saturated carbocycles. The molecule has 1 aliphatic rings. The molecule has 2 heterocycles. The summed E-state index contributed by atoms with van der Waals surface area (Å²) < 4.78 is 32.1. The number of hydrogen-bond donors (Lipinski definition) is 0. The van der Waals surface area contributed by atoms with Crippen molar-refractivity contribution in [3.63, 3.8) is 0 Å². The fourth-order valence-electron chi connectivity index (χ4n) is 2.99. The van der Waals surface area contributed by atoms with Gasteiger partial charge in [-0.25, -0.2) is 8.42 Å². The quantitative estimate of drug-likeness (QED) is 0.828. The SMILES string of the molecule is Cc1noc(C)c1S(=O)(=O)N1CCN(Cc2cccc(Cl)c2)CC1. The molecule has 1 aliphatic heterocycles. The molecule has 1 aromatic heterocycles. The molecule has 0 amide bonds. The van der Waals surface area contributed by atoms with E-state index in [1.807, 2.05) is 24.3 Å². The van der Waals surface area contributed by atoms with E-state index in [0.29, 0.717) is 42.7 Å². The number of hydrogen-bond acceptors (Lipinski definition) is 5. The van der Waals surface area contributed by atoms with Gasteiger partial charge in [0.1, 0.15) is 10.6 Å². The van der Waals surface area contributed by atoms with E-state index < -0.39 is 10.0 Å². The third kappa shape index (κ3) is 3.49. The van der Waals surface area contributed by atoms with Crippen molar-refractivity contribution < 1.29 is 12.9 Å². The van der Waals surface area contributed by atoms with Gasteiger partial charge < -0.3 is 4.52 Å². The van der Waals surface area contributed by atoms with Crippen LogP contribution in [-0.2, 0) is 16.6 Å². The minimum atomic E-state index is -3.55. The second kappa shape index (κ2) is 6.84. The maximum absolute atomic E-state index is 12.8. The summed E-state index contributed by atoms with van der Waals surface area (Å²) in [6.45, 7) is 6.30. The van der Waals surface area contributed by atoms with Crippen molar-refractivity contribution in [2.75, 3.05) is 26.2 Å². The van der Waals surface area contributed by atoms with Crippen molar-refractivity contribution in [1.29, 1.82) is 0 Å². The molecule has 0 spiro atoms. The highest BCUT2D eigenvalue weighted by Crippen LogP contribution is 2.24. The summed E-state index contributed by atoms with van der Waals surface area (Å²) in [6.07, 6.45) is 0. The van der Waals surface area contributed by atoms with Crippen LogP contribution in [0.1, 0.15) is 17.0 Å². The Hall–Kier alpha value is -1.41. The molecule has 3 rings (SSSR count). The third-order valence-electron chi connectivity index (χ3n) is 4.19. The van der Waals surface area contributed by atoms with Gasteiger partial charge in [-0.3, -0.25) is 4.90 Å². The molecule has 0 aliphatic carbocycles. The molecule has 130 valence electrons. The fourth-order valence-corrected chi connectivity index (χ4v) is 4.92. The molecule has 0 radical (unpaired) electrons. The van der Waals surface area contributed by atoms with Crippen molar-refractivity contribution >= 4 is 21.6 Å². The van der Waals surface area contributed by atoms with E-state index in [0.717, 1.165) is 12.1 Å². The van der Waals surface area contributed by atoms with Gasteiger partial charge in [0.15, 0.2) is 5.76 Å². The number of rotatable bonds is 4. The van der Waals surface area contributed by atoms with Gasteiger partial charge in [0.25, 0.3) is 0 Å². The molecule has 0 bridgehead atoms. The molecular formula is C16H20ClN3O3S. The first-order valence-corrected chi connectivity index (χ1v) is 9.59. The first kappa shape index (κ1) is 17.4. The van der Waals surface area contributed by atoms with Crippen molar-refractivity contribution in [3.05, 3.63) is 46.3 Å². The maximum atomic E-state index is 12.8. The van der Waals surface area contributed by atoms with Crippen LogP contribution in [0.3, 0.4) is 0 Å². The van der Waals surface area contributed by atoms with Crippen molar-refractivity contribution in [1.82, 2.24) is 14.4 Å². The predicted octanol–water partition coefficient (Wildman–Crippen LogP) is 2.45. The Balaban J connectivity index is 1.67. The highest BCUT2D eigenvalue weighted by Gasteiger charge is 2.33. The van der Waals surface area contributed by atoms with Crippen LogP contribution in [0.25, 0.3) is 0 Å². The fraction of sp³-hybridized carbons (Fsp3) is 0.438. The van der Waals surface area contributed by atoms with E-state index >= 15 is 0 Å². The van der Waals surface area contributed by atoms with Crippen molar-refractivity contribution in [3.8, 4) is 0 Å². The zero-order chi connectivity index (χ0) is 17.3. The molecule has 8 heteroatoms. The Labute approximate surface area is 147 Å². The average molecular weight is 370 g/mol. The smallest absolute Gasteiger partial charge is 0.248 e. The molecular weight excluding hydrogens is 350 g/mol. The topological polar surface area (TPSA) is 66.7 Å². The highest BCUT2D eigenvalue weighted by molar-refractivity contribution is 7.89. The standard InChI is InChI=1S/C16H20ClN3O3S/c1-12-16(13(2)23-18-12)24(21,22)20-8-6-19(7-9-20)11-14-4-3-5-15(17)10-14/h3-5,10H,6-9,11H2,1-2H3. The summed E-state index contributed by atoms with van der Waals surface area (Å²) in [5.74, 6) is 0.342. The Morgan fingerprint density at radius 1 is 1.21 bits per heavy atom. The van der Waals surface area contributed by atoms with Crippen LogP contribution >= 0.6 is 11.6 Å². The first-order chi connectivity index (χ1) is 11.4. The molecule has 2 aromatic rings. The van der Waals surface area contributed by atoms with Gasteiger partial charge in [-0.05, 0) is 31.5 Å². The Morgan fingerprint density at radius 3 is 2.50 bits per heavy atom. The van der Waals surface area contributed by atoms with Crippen LogP contribution < -0.4 is 0 Å². The lowest BCUT2D eigenvalue weighted by Crippen LogP contribution is -2.48. The average Bonchev–Trinajstić information content (AvgIpc) is 2.87. The summed E-state index contributed by atoms with van der Waals surface area (Å²) in [6, 6.07) is 7.74. The Morgan fingerprint density at radius 2 is 1.92 bits per heavy atom. The molecule has 1 fully saturated rings. The summed E-state index contributed by atoms with van der Waals surface area (Å²) >= 11 is 6.01. The molecule has 1 saturated heterocycles. The van der Waals surface area contributed by atoms with E-state index in [9.17, 15) is 8.42 Å². The number of aryl methyl sites for hydroxylation is 2. The number of piperazine rings is 1. The van der Waals surface area contributed by atoms with E-state index in [-0.39, 0.29) is 4.90 Å². The van der Waals surface area contributed by atoms with Gasteiger partial charge in [0.2, 0.25) is 10.0 Å². The molecule has 0 N–H and O–H groups in total. The number of halogens is 1. The lowest BCUT2D eigenvalue weighted by Gasteiger charge is -2.33. The summed E-state index contributed by atoms with van der Waals surface area (Å²) in [5, 5.41) is 4.47. The van der Waals surface area contributed by atoms with E-state index in [4.69, 9.17) is 16.1 Å². The maximum Gasteiger partial charge on any atom is 0.248 e. The summed E-state index contributed by atoms with van der Waals surface area (Å²) in [5.41, 5.74) is 1.54. The number of sulfonamides is 1. The molecule has 0 atom stereocenters. The van der Waals surface area contributed by atoms with Gasteiger partial charge in [0.05, 0.1) is 0 Å². The van der Waals surface area contributed by atoms with Crippen molar-refractivity contribution in [2.24, 2.45) is 0 Å². The normalized spacial score (nSPS) is 17.3. The second-order valence-electron chi connectivity index (χ2n) is 5.96. The van der Waals surface area contributed by atoms with Gasteiger partial charge in [-0.15, -0.1) is 0 Å². The lowest BCUT2D eigenvalue weighted by atomic mass is 10.2. The Kier molecular flexibility index (Phi) is 4.96. The summed E-state index contributed by atoms with van der Waals surface area (Å²) in [4.78, 5) is 2.43. The van der Waals surface area contributed by atoms with Gasteiger partial charge in [-0.2, -0.15) is 4.31 Å². The monoisotopic (exact) mass is 369 g/mol. The summed E-state index contributed by atoms with van der Waals surface area (Å²) in [7, 11) is -3.55. The van der Waals surface area contributed by atoms with Crippen LogP contribution in [0.4, 0.5) is 0 Å². The van der Waals surface area contributed by atoms with Crippen LogP contribution in [-0.4, -0.2) is 49.0 Å². The van der Waals surface area contributed by atoms with Gasteiger partial charge in [0, 0.05) is 37.7 Å². The van der Waals surface area contributed by atoms with E-state index in [1.165, 1.54) is 4.31 Å². The van der Waals surface area contributed by atoms with E-state index in [2.05, 4.69) is 10.1 Å². The minimum Gasteiger partial charge on any atom is -0.360 e. The van der Waals surface area contributed by atoms with Crippen LogP contribution in [0.2, 0.25) is 5.02 Å². The van der Waals surface area contributed by atoms with Gasteiger partial charge in [-0.1, -0.05) is 28.9 Å². The number of aromatic nitrogens is 1. The molecule has 0 unspecified atom stereocenters. The van der Waals surface area contributed by atoms with Crippen LogP contribution in [0.15, 0.2) is 33.7 Å². The van der Waals surface area contributed by atoms with Crippen LogP contribution in [0, 0.1) is 13.8 Å². The molecule has 1 aromatic carbocycles. The minimum absolute atomic E-state index is 0.200. The second-order valence-corrected chi connectivity index (χ2v) is 8.27. The largest absolute Gasteiger partial charge is 0.360 e. The first-order valence-electron chi connectivity index (χ1n) is 7.78.